The zero-order valence-electron chi connectivity index (χ0n) is 15.1. The molecule has 0 aliphatic heterocycles. The van der Waals surface area contributed by atoms with Crippen molar-refractivity contribution in [2.45, 2.75) is 5.22 Å². The normalized spacial score (nSPS) is 10.8. The van der Waals surface area contributed by atoms with Gasteiger partial charge >= 0.3 is 0 Å². The number of rotatable bonds is 6. The van der Waals surface area contributed by atoms with E-state index in [2.05, 4.69) is 4.98 Å². The first-order chi connectivity index (χ1) is 14.1. The van der Waals surface area contributed by atoms with E-state index in [-0.39, 0.29) is 17.1 Å². The first-order valence-electron chi connectivity index (χ1n) is 8.84. The number of oxazole rings is 1. The third kappa shape index (κ3) is 4.27. The van der Waals surface area contributed by atoms with Gasteiger partial charge in [0.2, 0.25) is 0 Å². The van der Waals surface area contributed by atoms with E-state index in [1.807, 2.05) is 60.7 Å². The third-order valence-corrected chi connectivity index (χ3v) is 5.09. The summed E-state index contributed by atoms with van der Waals surface area (Å²) in [5.74, 6) is -1.76. The van der Waals surface area contributed by atoms with E-state index in [4.69, 9.17) is 4.42 Å². The summed E-state index contributed by atoms with van der Waals surface area (Å²) in [4.78, 5) is 16.9. The van der Waals surface area contributed by atoms with Crippen LogP contribution in [0, 0.1) is 11.6 Å². The summed E-state index contributed by atoms with van der Waals surface area (Å²) in [6.45, 7) is 0. The van der Waals surface area contributed by atoms with Crippen LogP contribution in [0.15, 0.2) is 88.5 Å². The van der Waals surface area contributed by atoms with Gasteiger partial charge in [-0.05, 0) is 18.2 Å². The van der Waals surface area contributed by atoms with Crippen molar-refractivity contribution in [3.63, 3.8) is 0 Å². The van der Waals surface area contributed by atoms with E-state index in [0.717, 1.165) is 35.0 Å². The largest absolute Gasteiger partial charge is 0.431 e. The van der Waals surface area contributed by atoms with Crippen molar-refractivity contribution in [3.8, 4) is 22.6 Å². The summed E-state index contributed by atoms with van der Waals surface area (Å²) in [5.41, 5.74) is 2.56. The van der Waals surface area contributed by atoms with Gasteiger partial charge in [-0.25, -0.2) is 13.8 Å². The van der Waals surface area contributed by atoms with Gasteiger partial charge in [-0.15, -0.1) is 0 Å². The highest BCUT2D eigenvalue weighted by atomic mass is 32.2. The van der Waals surface area contributed by atoms with Crippen molar-refractivity contribution in [1.82, 2.24) is 4.98 Å². The molecule has 3 aromatic carbocycles. The summed E-state index contributed by atoms with van der Waals surface area (Å²) in [6, 6.07) is 22.3. The van der Waals surface area contributed by atoms with Gasteiger partial charge in [-0.1, -0.05) is 72.4 Å². The summed E-state index contributed by atoms with van der Waals surface area (Å²) >= 11 is 1.11. The van der Waals surface area contributed by atoms with Crippen LogP contribution in [0.3, 0.4) is 0 Å². The van der Waals surface area contributed by atoms with Crippen molar-refractivity contribution in [3.05, 3.63) is 96.1 Å². The molecule has 0 bridgehead atoms. The number of hydrogen-bond acceptors (Lipinski definition) is 4. The minimum absolute atomic E-state index is 0.00591. The van der Waals surface area contributed by atoms with E-state index in [1.54, 1.807) is 0 Å². The molecule has 29 heavy (non-hydrogen) atoms. The second-order valence-corrected chi connectivity index (χ2v) is 7.16. The lowest BCUT2D eigenvalue weighted by Gasteiger charge is -2.01. The zero-order chi connectivity index (χ0) is 20.2. The Bertz CT molecular complexity index is 1090. The maximum Gasteiger partial charge on any atom is 0.257 e. The fraction of sp³-hybridized carbons (Fsp3) is 0.0435. The smallest absolute Gasteiger partial charge is 0.257 e. The van der Waals surface area contributed by atoms with Gasteiger partial charge in [-0.3, -0.25) is 4.79 Å². The number of aromatic nitrogens is 1. The Kier molecular flexibility index (Phi) is 5.53. The summed E-state index contributed by atoms with van der Waals surface area (Å²) < 4.78 is 32.4. The van der Waals surface area contributed by atoms with Crippen LogP contribution in [0.5, 0.6) is 0 Å². The summed E-state index contributed by atoms with van der Waals surface area (Å²) in [6.07, 6.45) is 0. The van der Waals surface area contributed by atoms with Crippen LogP contribution in [0.1, 0.15) is 10.4 Å². The third-order valence-electron chi connectivity index (χ3n) is 4.26. The Morgan fingerprint density at radius 1 is 0.862 bits per heavy atom. The van der Waals surface area contributed by atoms with Gasteiger partial charge in [0.1, 0.15) is 5.69 Å². The summed E-state index contributed by atoms with van der Waals surface area (Å²) in [7, 11) is 0. The van der Waals surface area contributed by atoms with E-state index in [1.165, 1.54) is 6.07 Å². The topological polar surface area (TPSA) is 43.1 Å². The quantitative estimate of drug-likeness (QED) is 0.279. The van der Waals surface area contributed by atoms with Gasteiger partial charge < -0.3 is 4.42 Å². The Morgan fingerprint density at radius 3 is 2.17 bits per heavy atom. The molecule has 0 N–H and O–H groups in total. The zero-order valence-corrected chi connectivity index (χ0v) is 16.0. The van der Waals surface area contributed by atoms with E-state index in [0.29, 0.717) is 16.7 Å². The van der Waals surface area contributed by atoms with Gasteiger partial charge in [0, 0.05) is 16.7 Å². The molecule has 0 radical (unpaired) electrons. The van der Waals surface area contributed by atoms with Crippen molar-refractivity contribution < 1.29 is 18.0 Å². The van der Waals surface area contributed by atoms with Crippen molar-refractivity contribution in [2.24, 2.45) is 0 Å². The van der Waals surface area contributed by atoms with E-state index in [9.17, 15) is 13.6 Å². The molecule has 0 saturated heterocycles. The van der Waals surface area contributed by atoms with Crippen molar-refractivity contribution >= 4 is 17.5 Å². The van der Waals surface area contributed by atoms with Gasteiger partial charge in [0.25, 0.3) is 5.22 Å². The SMILES string of the molecule is O=C(CSc1nc(-c2ccccc2)c(-c2ccccc2)o1)c1ccc(F)c(F)c1. The number of benzene rings is 3. The number of nitrogens with zero attached hydrogens (tertiary/aromatic N) is 1. The number of thioether (sulfide) groups is 1. The molecule has 4 rings (SSSR count). The lowest BCUT2D eigenvalue weighted by atomic mass is 10.1. The molecule has 0 aliphatic rings. The van der Waals surface area contributed by atoms with Gasteiger partial charge in [0.05, 0.1) is 5.75 Å². The average Bonchev–Trinajstić information content (AvgIpc) is 3.19. The number of Topliss-reactive ketones (excluding diaryl/α,β-unsaturated/α-hetero) is 1. The van der Waals surface area contributed by atoms with Crippen molar-refractivity contribution in [1.29, 1.82) is 0 Å². The molecule has 3 nitrogen and oxygen atoms in total. The molecule has 1 aromatic heterocycles. The second kappa shape index (κ2) is 8.41. The maximum atomic E-state index is 13.4. The predicted molar refractivity (Wildman–Crippen MR) is 109 cm³/mol. The Balaban J connectivity index is 1.60. The lowest BCUT2D eigenvalue weighted by Crippen LogP contribution is -2.03. The highest BCUT2D eigenvalue weighted by Gasteiger charge is 2.18. The van der Waals surface area contributed by atoms with Crippen LogP contribution < -0.4 is 0 Å². The number of halogens is 2. The Labute approximate surface area is 170 Å². The van der Waals surface area contributed by atoms with Crippen molar-refractivity contribution in [2.75, 3.05) is 5.75 Å². The standard InChI is InChI=1S/C23H15F2NO2S/c24-18-12-11-17(13-19(18)25)20(27)14-29-23-26-21(15-7-3-1-4-8-15)22(28-23)16-9-5-2-6-10-16/h1-13H,14H2. The minimum atomic E-state index is -1.05. The molecule has 0 spiro atoms. The molecule has 0 aliphatic carbocycles. The van der Waals surface area contributed by atoms with Crippen LogP contribution >= 0.6 is 11.8 Å². The number of hydrogen-bond donors (Lipinski definition) is 0. The molecular weight excluding hydrogens is 392 g/mol. The van der Waals surface area contributed by atoms with Crippen LogP contribution in [0.25, 0.3) is 22.6 Å². The molecule has 0 saturated carbocycles. The molecular formula is C23H15F2NO2S. The fourth-order valence-corrected chi connectivity index (χ4v) is 3.54. The first-order valence-corrected chi connectivity index (χ1v) is 9.83. The molecule has 0 fully saturated rings. The van der Waals surface area contributed by atoms with E-state index >= 15 is 0 Å². The number of carbonyl (C=O) groups excluding carboxylic acids is 1. The van der Waals surface area contributed by atoms with Crippen LogP contribution in [-0.4, -0.2) is 16.5 Å². The lowest BCUT2D eigenvalue weighted by molar-refractivity contribution is 0.102. The highest BCUT2D eigenvalue weighted by molar-refractivity contribution is 7.99. The van der Waals surface area contributed by atoms with Gasteiger partial charge in [-0.2, -0.15) is 0 Å². The number of carbonyl (C=O) groups is 1. The molecule has 0 amide bonds. The first kappa shape index (κ1) is 19.1. The second-order valence-electron chi connectivity index (χ2n) is 6.23. The Morgan fingerprint density at radius 2 is 1.52 bits per heavy atom. The van der Waals surface area contributed by atoms with Gasteiger partial charge in [0.15, 0.2) is 23.2 Å². The highest BCUT2D eigenvalue weighted by Crippen LogP contribution is 2.35. The fourth-order valence-electron chi connectivity index (χ4n) is 2.82. The molecule has 144 valence electrons. The Hall–Kier alpha value is -3.25. The predicted octanol–water partition coefficient (Wildman–Crippen LogP) is 6.26. The minimum Gasteiger partial charge on any atom is -0.431 e. The van der Waals surface area contributed by atoms with Crippen LogP contribution in [-0.2, 0) is 0 Å². The van der Waals surface area contributed by atoms with Crippen LogP contribution in [0.4, 0.5) is 8.78 Å². The molecule has 0 atom stereocenters. The van der Waals surface area contributed by atoms with Crippen LogP contribution in [0.2, 0.25) is 0 Å². The average molecular weight is 407 g/mol. The molecule has 0 unspecified atom stereocenters. The molecule has 4 aromatic rings. The molecule has 6 heteroatoms. The van der Waals surface area contributed by atoms with E-state index < -0.39 is 11.6 Å². The maximum absolute atomic E-state index is 13.4. The molecule has 1 heterocycles. The monoisotopic (exact) mass is 407 g/mol. The number of ketones is 1. The summed E-state index contributed by atoms with van der Waals surface area (Å²) in [5, 5.41) is 0.332.